The van der Waals surface area contributed by atoms with Gasteiger partial charge in [-0.2, -0.15) is 0 Å². The van der Waals surface area contributed by atoms with Gasteiger partial charge in [-0.15, -0.1) is 23.7 Å². The van der Waals surface area contributed by atoms with E-state index in [0.717, 1.165) is 32.8 Å². The summed E-state index contributed by atoms with van der Waals surface area (Å²) in [6.45, 7) is 4.23. The van der Waals surface area contributed by atoms with Crippen molar-refractivity contribution in [3.8, 4) is 11.1 Å². The lowest BCUT2D eigenvalue weighted by molar-refractivity contribution is 0.0601. The van der Waals surface area contributed by atoms with Crippen LogP contribution in [0.5, 0.6) is 0 Å². The Labute approximate surface area is 179 Å². The van der Waals surface area contributed by atoms with Crippen molar-refractivity contribution in [1.29, 1.82) is 0 Å². The summed E-state index contributed by atoms with van der Waals surface area (Å²) >= 11 is 1.60. The molecule has 0 radical (unpaired) electrons. The van der Waals surface area contributed by atoms with Crippen molar-refractivity contribution in [3.63, 3.8) is 0 Å². The van der Waals surface area contributed by atoms with Crippen molar-refractivity contribution in [2.24, 2.45) is 0 Å². The lowest BCUT2D eigenvalue weighted by Crippen LogP contribution is -2.01. The normalized spacial score (nSPS) is 10.4. The van der Waals surface area contributed by atoms with Crippen LogP contribution in [0.1, 0.15) is 21.5 Å². The molecule has 2 aromatic carbocycles. The summed E-state index contributed by atoms with van der Waals surface area (Å²) in [5.41, 5.74) is 6.12. The highest BCUT2D eigenvalue weighted by atomic mass is 35.5. The summed E-state index contributed by atoms with van der Waals surface area (Å²) in [5.74, 6) is 0.385. The van der Waals surface area contributed by atoms with Gasteiger partial charge in [0.2, 0.25) is 0 Å². The smallest absolute Gasteiger partial charge is 0.337 e. The predicted octanol–water partition coefficient (Wildman–Crippen LogP) is 5.93. The first-order chi connectivity index (χ1) is 13.6. The number of fused-ring (bicyclic) bond motifs is 1. The van der Waals surface area contributed by atoms with Gasteiger partial charge < -0.3 is 10.1 Å². The second-order valence-corrected chi connectivity index (χ2v) is 7.40. The number of aryl methyl sites for hydroxylation is 2. The molecule has 0 saturated heterocycles. The van der Waals surface area contributed by atoms with E-state index in [4.69, 9.17) is 4.74 Å². The zero-order valence-corrected chi connectivity index (χ0v) is 17.9. The highest BCUT2D eigenvalue weighted by Gasteiger charge is 2.14. The van der Waals surface area contributed by atoms with Gasteiger partial charge in [-0.05, 0) is 54.8 Å². The van der Waals surface area contributed by atoms with Gasteiger partial charge in [0, 0.05) is 16.6 Å². The van der Waals surface area contributed by atoms with Crippen LogP contribution in [0.4, 0.5) is 11.5 Å². The van der Waals surface area contributed by atoms with Gasteiger partial charge in [0.05, 0.1) is 18.1 Å². The Morgan fingerprint density at radius 3 is 2.48 bits per heavy atom. The molecule has 4 aromatic rings. The summed E-state index contributed by atoms with van der Waals surface area (Å²) in [4.78, 5) is 21.4. The number of hydrogen-bond acceptors (Lipinski definition) is 6. The minimum atomic E-state index is -0.356. The van der Waals surface area contributed by atoms with Crippen LogP contribution in [0, 0.1) is 13.8 Å². The number of anilines is 2. The Hall–Kier alpha value is -2.96. The predicted molar refractivity (Wildman–Crippen MR) is 121 cm³/mol. The van der Waals surface area contributed by atoms with Crippen LogP contribution in [0.2, 0.25) is 0 Å². The van der Waals surface area contributed by atoms with Crippen LogP contribution in [-0.2, 0) is 4.74 Å². The minimum absolute atomic E-state index is 0. The average Bonchev–Trinajstić information content (AvgIpc) is 3.15. The van der Waals surface area contributed by atoms with E-state index in [1.165, 1.54) is 18.2 Å². The number of hydrogen-bond donors (Lipinski definition) is 1. The summed E-state index contributed by atoms with van der Waals surface area (Å²) in [7, 11) is 1.37. The van der Waals surface area contributed by atoms with Gasteiger partial charge in [-0.25, -0.2) is 14.8 Å². The molecule has 2 heterocycles. The molecular formula is C22H20ClN3O2S. The van der Waals surface area contributed by atoms with Crippen LogP contribution >= 0.6 is 23.7 Å². The molecule has 148 valence electrons. The highest BCUT2D eigenvalue weighted by Crippen LogP contribution is 2.37. The Balaban J connectivity index is 0.00000240. The average molecular weight is 426 g/mol. The molecule has 0 aliphatic heterocycles. The number of rotatable bonds is 4. The quantitative estimate of drug-likeness (QED) is 0.410. The Morgan fingerprint density at radius 2 is 1.79 bits per heavy atom. The van der Waals surface area contributed by atoms with E-state index >= 15 is 0 Å². The molecule has 0 amide bonds. The van der Waals surface area contributed by atoms with Crippen LogP contribution in [0.15, 0.2) is 54.2 Å². The molecule has 0 aliphatic rings. The molecule has 7 heteroatoms. The second kappa shape index (κ2) is 8.59. The number of carbonyl (C=O) groups is 1. The molecule has 1 N–H and O–H groups in total. The second-order valence-electron chi connectivity index (χ2n) is 6.54. The Morgan fingerprint density at radius 1 is 1.03 bits per heavy atom. The standard InChI is InChI=1S/C22H19N3O2S.ClH/c1-13-4-5-16(10-14(13)2)18-11-28-21-19(18)20(23-12-24-21)25-17-8-6-15(7-9-17)22(26)27-3;/h4-12H,1-3H3,(H,23,24,25);1H. The summed E-state index contributed by atoms with van der Waals surface area (Å²) < 4.78 is 4.75. The van der Waals surface area contributed by atoms with E-state index in [9.17, 15) is 4.79 Å². The fourth-order valence-electron chi connectivity index (χ4n) is 3.04. The number of nitrogens with one attached hydrogen (secondary N) is 1. The van der Waals surface area contributed by atoms with E-state index < -0.39 is 0 Å². The van der Waals surface area contributed by atoms with Crippen LogP contribution in [0.3, 0.4) is 0 Å². The van der Waals surface area contributed by atoms with Gasteiger partial charge in [0.1, 0.15) is 17.0 Å². The minimum Gasteiger partial charge on any atom is -0.465 e. The first-order valence-electron chi connectivity index (χ1n) is 8.82. The molecule has 0 fully saturated rings. The van der Waals surface area contributed by atoms with Crippen LogP contribution < -0.4 is 5.32 Å². The molecule has 29 heavy (non-hydrogen) atoms. The molecule has 4 rings (SSSR count). The van der Waals surface area contributed by atoms with Gasteiger partial charge in [-0.1, -0.05) is 18.2 Å². The maximum absolute atomic E-state index is 11.6. The molecular weight excluding hydrogens is 406 g/mol. The largest absolute Gasteiger partial charge is 0.465 e. The number of ether oxygens (including phenoxy) is 1. The number of esters is 1. The molecule has 0 aliphatic carbocycles. The lowest BCUT2D eigenvalue weighted by atomic mass is 10.0. The third kappa shape index (κ3) is 4.09. The fourth-order valence-corrected chi connectivity index (χ4v) is 3.95. The summed E-state index contributed by atoms with van der Waals surface area (Å²) in [6, 6.07) is 13.6. The van der Waals surface area contributed by atoms with Crippen molar-refractivity contribution in [2.45, 2.75) is 13.8 Å². The van der Waals surface area contributed by atoms with Gasteiger partial charge in [0.25, 0.3) is 0 Å². The van der Waals surface area contributed by atoms with Crippen LogP contribution in [0.25, 0.3) is 21.3 Å². The van der Waals surface area contributed by atoms with E-state index in [-0.39, 0.29) is 18.4 Å². The van der Waals surface area contributed by atoms with Crippen molar-refractivity contribution in [3.05, 3.63) is 70.9 Å². The summed E-state index contributed by atoms with van der Waals surface area (Å²) in [5, 5.41) is 6.47. The number of benzene rings is 2. The molecule has 0 saturated carbocycles. The number of thiophene rings is 1. The highest BCUT2D eigenvalue weighted by molar-refractivity contribution is 7.17. The van der Waals surface area contributed by atoms with E-state index in [1.807, 2.05) is 12.1 Å². The first kappa shape index (κ1) is 20.8. The van der Waals surface area contributed by atoms with Crippen LogP contribution in [-0.4, -0.2) is 23.0 Å². The number of methoxy groups -OCH3 is 1. The summed E-state index contributed by atoms with van der Waals surface area (Å²) in [6.07, 6.45) is 1.56. The zero-order chi connectivity index (χ0) is 19.7. The van der Waals surface area contributed by atoms with Crippen molar-refractivity contribution >= 4 is 51.4 Å². The monoisotopic (exact) mass is 425 g/mol. The molecule has 0 spiro atoms. The Bertz CT molecular complexity index is 1170. The molecule has 5 nitrogen and oxygen atoms in total. The maximum atomic E-state index is 11.6. The van der Waals surface area contributed by atoms with Crippen molar-refractivity contribution in [1.82, 2.24) is 9.97 Å². The van der Waals surface area contributed by atoms with E-state index in [1.54, 1.807) is 29.8 Å². The number of carbonyl (C=O) groups excluding carboxylic acids is 1. The molecule has 2 aromatic heterocycles. The van der Waals surface area contributed by atoms with E-state index in [2.05, 4.69) is 52.7 Å². The lowest BCUT2D eigenvalue weighted by Gasteiger charge is -2.10. The van der Waals surface area contributed by atoms with Gasteiger partial charge >= 0.3 is 5.97 Å². The third-order valence-electron chi connectivity index (χ3n) is 4.76. The molecule has 0 bridgehead atoms. The first-order valence-corrected chi connectivity index (χ1v) is 9.70. The third-order valence-corrected chi connectivity index (χ3v) is 5.64. The zero-order valence-electron chi connectivity index (χ0n) is 16.2. The number of nitrogens with zero attached hydrogens (tertiary/aromatic N) is 2. The SMILES string of the molecule is COC(=O)c1ccc(Nc2ncnc3scc(-c4ccc(C)c(C)c4)c23)cc1.Cl. The fraction of sp³-hybridized carbons (Fsp3) is 0.136. The van der Waals surface area contributed by atoms with E-state index in [0.29, 0.717) is 5.56 Å². The number of aromatic nitrogens is 2. The Kier molecular flexibility index (Phi) is 6.15. The number of halogens is 1. The van der Waals surface area contributed by atoms with Gasteiger partial charge in [-0.3, -0.25) is 0 Å². The van der Waals surface area contributed by atoms with Crippen molar-refractivity contribution in [2.75, 3.05) is 12.4 Å². The maximum Gasteiger partial charge on any atom is 0.337 e. The molecule has 0 atom stereocenters. The van der Waals surface area contributed by atoms with Crippen molar-refractivity contribution < 1.29 is 9.53 Å². The van der Waals surface area contributed by atoms with Gasteiger partial charge in [0.15, 0.2) is 0 Å². The topological polar surface area (TPSA) is 64.1 Å². The molecule has 0 unspecified atom stereocenters.